The van der Waals surface area contributed by atoms with E-state index in [0.717, 1.165) is 0 Å². The molecule has 1 aromatic carbocycles. The summed E-state index contributed by atoms with van der Waals surface area (Å²) < 4.78 is 31.3. The molecule has 0 aliphatic rings. The molecule has 0 radical (unpaired) electrons. The number of nitrogens with one attached hydrogen (secondary N) is 2. The Labute approximate surface area is 109 Å². The Morgan fingerprint density at radius 3 is 2.44 bits per heavy atom. The van der Waals surface area contributed by atoms with E-state index >= 15 is 0 Å². The largest absolute Gasteiger partial charge is 0.381 e. The Bertz CT molecular complexity index is 498. The molecule has 0 unspecified atom stereocenters. The van der Waals surface area contributed by atoms with E-state index in [0.29, 0.717) is 12.2 Å². The number of hydrogen-bond donors (Lipinski definition) is 2. The number of rotatable bonds is 6. The minimum absolute atomic E-state index is 0.236. The summed E-state index contributed by atoms with van der Waals surface area (Å²) >= 11 is 0. The summed E-state index contributed by atoms with van der Waals surface area (Å²) in [6.45, 7) is 4.37. The van der Waals surface area contributed by atoms with Crippen LogP contribution in [0.2, 0.25) is 0 Å². The van der Waals surface area contributed by atoms with Crippen LogP contribution in [-0.2, 0) is 14.8 Å². The molecule has 5 nitrogen and oxygen atoms in total. The molecule has 18 heavy (non-hydrogen) atoms. The van der Waals surface area contributed by atoms with Gasteiger partial charge in [0.2, 0.25) is 10.0 Å². The summed E-state index contributed by atoms with van der Waals surface area (Å²) in [4.78, 5) is 0.236. The molecular formula is C12H20N2O3S. The molecule has 2 N–H and O–H groups in total. The number of hydrogen-bond acceptors (Lipinski definition) is 4. The Morgan fingerprint density at radius 1 is 1.28 bits per heavy atom. The van der Waals surface area contributed by atoms with Crippen molar-refractivity contribution in [2.75, 3.05) is 26.0 Å². The van der Waals surface area contributed by atoms with Crippen LogP contribution in [0.15, 0.2) is 29.2 Å². The first kappa shape index (κ1) is 14.9. The van der Waals surface area contributed by atoms with Crippen molar-refractivity contribution in [1.82, 2.24) is 4.72 Å². The van der Waals surface area contributed by atoms with Crippen molar-refractivity contribution in [3.63, 3.8) is 0 Å². The predicted octanol–water partition coefficient (Wildman–Crippen LogP) is 1.43. The molecule has 0 heterocycles. The van der Waals surface area contributed by atoms with Gasteiger partial charge in [-0.05, 0) is 33.0 Å². The van der Waals surface area contributed by atoms with Crippen molar-refractivity contribution < 1.29 is 13.2 Å². The maximum Gasteiger partial charge on any atom is 0.242 e. The van der Waals surface area contributed by atoms with Gasteiger partial charge in [-0.2, -0.15) is 0 Å². The molecule has 1 rings (SSSR count). The van der Waals surface area contributed by atoms with Crippen LogP contribution in [0.5, 0.6) is 0 Å². The highest BCUT2D eigenvalue weighted by Gasteiger charge is 2.19. The summed E-state index contributed by atoms with van der Waals surface area (Å²) in [7, 11) is -0.440. The van der Waals surface area contributed by atoms with Crippen molar-refractivity contribution in [2.45, 2.75) is 24.3 Å². The normalized spacial score (nSPS) is 12.4. The lowest BCUT2D eigenvalue weighted by atomic mass is 10.1. The second-order valence-electron chi connectivity index (χ2n) is 4.52. The fourth-order valence-electron chi connectivity index (χ4n) is 1.34. The van der Waals surface area contributed by atoms with Gasteiger partial charge in [0.15, 0.2) is 0 Å². The molecule has 0 saturated heterocycles. The average molecular weight is 272 g/mol. The van der Waals surface area contributed by atoms with E-state index in [1.54, 1.807) is 31.4 Å². The van der Waals surface area contributed by atoms with Gasteiger partial charge >= 0.3 is 0 Å². The Morgan fingerprint density at radius 2 is 1.89 bits per heavy atom. The van der Waals surface area contributed by atoms with E-state index < -0.39 is 10.0 Å². The maximum absolute atomic E-state index is 11.8. The van der Waals surface area contributed by atoms with Crippen LogP contribution >= 0.6 is 0 Å². The molecule has 0 atom stereocenters. The number of anilines is 1. The van der Waals surface area contributed by atoms with Crippen LogP contribution in [0.1, 0.15) is 13.8 Å². The van der Waals surface area contributed by atoms with Crippen LogP contribution in [0, 0.1) is 0 Å². The van der Waals surface area contributed by atoms with E-state index in [2.05, 4.69) is 10.0 Å². The average Bonchev–Trinajstić information content (AvgIpc) is 2.37. The van der Waals surface area contributed by atoms with E-state index in [-0.39, 0.29) is 10.5 Å². The van der Waals surface area contributed by atoms with E-state index in [1.165, 1.54) is 7.05 Å². The van der Waals surface area contributed by atoms with Crippen molar-refractivity contribution >= 4 is 15.7 Å². The van der Waals surface area contributed by atoms with Gasteiger partial charge < -0.3 is 10.1 Å². The molecular weight excluding hydrogens is 252 g/mol. The second-order valence-corrected chi connectivity index (χ2v) is 6.38. The van der Waals surface area contributed by atoms with E-state index in [9.17, 15) is 8.42 Å². The first-order valence-corrected chi connectivity index (χ1v) is 7.12. The summed E-state index contributed by atoms with van der Waals surface area (Å²) in [5.41, 5.74) is 0.202. The van der Waals surface area contributed by atoms with Crippen LogP contribution in [0.3, 0.4) is 0 Å². The minimum atomic E-state index is -3.46. The number of para-hydroxylation sites is 1. The van der Waals surface area contributed by atoms with Gasteiger partial charge in [-0.1, -0.05) is 12.1 Å². The summed E-state index contributed by atoms with van der Waals surface area (Å²) in [6, 6.07) is 6.78. The third-order valence-electron chi connectivity index (χ3n) is 2.70. The standard InChI is InChI=1S/C12H20N2O3S/c1-12(2,17-4)9-14-10-7-5-6-8-11(10)18(15,16)13-3/h5-8,13-14H,9H2,1-4H3. The van der Waals surface area contributed by atoms with Crippen molar-refractivity contribution in [3.05, 3.63) is 24.3 Å². The van der Waals surface area contributed by atoms with Crippen molar-refractivity contribution in [3.8, 4) is 0 Å². The van der Waals surface area contributed by atoms with Gasteiger partial charge in [0, 0.05) is 13.7 Å². The lowest BCUT2D eigenvalue weighted by Gasteiger charge is -2.24. The first-order chi connectivity index (χ1) is 8.32. The second kappa shape index (κ2) is 5.69. The smallest absolute Gasteiger partial charge is 0.242 e. The lowest BCUT2D eigenvalue weighted by molar-refractivity contribution is 0.0343. The van der Waals surface area contributed by atoms with Crippen LogP contribution in [0.25, 0.3) is 0 Å². The van der Waals surface area contributed by atoms with Gasteiger partial charge in [0.1, 0.15) is 4.90 Å². The van der Waals surface area contributed by atoms with Crippen LogP contribution in [-0.4, -0.2) is 34.7 Å². The monoisotopic (exact) mass is 272 g/mol. The number of ether oxygens (including phenoxy) is 1. The fraction of sp³-hybridized carbons (Fsp3) is 0.500. The highest BCUT2D eigenvalue weighted by molar-refractivity contribution is 7.89. The molecule has 0 spiro atoms. The first-order valence-electron chi connectivity index (χ1n) is 5.64. The quantitative estimate of drug-likeness (QED) is 0.822. The third-order valence-corrected chi connectivity index (χ3v) is 4.17. The van der Waals surface area contributed by atoms with Crippen molar-refractivity contribution in [1.29, 1.82) is 0 Å². The molecule has 0 fully saturated rings. The van der Waals surface area contributed by atoms with Gasteiger partial charge in [-0.25, -0.2) is 13.1 Å². The number of benzene rings is 1. The third kappa shape index (κ3) is 3.69. The molecule has 0 bridgehead atoms. The van der Waals surface area contributed by atoms with Gasteiger partial charge in [0.25, 0.3) is 0 Å². The molecule has 6 heteroatoms. The number of methoxy groups -OCH3 is 1. The SMILES string of the molecule is CNS(=O)(=O)c1ccccc1NCC(C)(C)OC. The van der Waals surface area contributed by atoms with Crippen LogP contribution in [0.4, 0.5) is 5.69 Å². The number of sulfonamides is 1. The minimum Gasteiger partial charge on any atom is -0.381 e. The molecule has 0 aliphatic carbocycles. The van der Waals surface area contributed by atoms with Gasteiger partial charge in [-0.3, -0.25) is 0 Å². The summed E-state index contributed by atoms with van der Waals surface area (Å²) in [5, 5.41) is 3.10. The molecule has 0 aromatic heterocycles. The zero-order valence-corrected chi connectivity index (χ0v) is 12.0. The topological polar surface area (TPSA) is 67.4 Å². The molecule has 0 saturated carbocycles. The summed E-state index contributed by atoms with van der Waals surface area (Å²) in [5.74, 6) is 0. The predicted molar refractivity (Wildman–Crippen MR) is 72.3 cm³/mol. The van der Waals surface area contributed by atoms with Gasteiger partial charge in [0.05, 0.1) is 11.3 Å². The van der Waals surface area contributed by atoms with Crippen LogP contribution < -0.4 is 10.0 Å². The Hall–Kier alpha value is -1.11. The van der Waals surface area contributed by atoms with E-state index in [1.807, 2.05) is 13.8 Å². The summed E-state index contributed by atoms with van der Waals surface area (Å²) in [6.07, 6.45) is 0. The van der Waals surface area contributed by atoms with Gasteiger partial charge in [-0.15, -0.1) is 0 Å². The van der Waals surface area contributed by atoms with Crippen molar-refractivity contribution in [2.24, 2.45) is 0 Å². The molecule has 1 aromatic rings. The Balaban J connectivity index is 2.98. The molecule has 0 amide bonds. The zero-order chi connectivity index (χ0) is 13.8. The Kier molecular flexibility index (Phi) is 4.72. The molecule has 0 aliphatic heterocycles. The highest BCUT2D eigenvalue weighted by atomic mass is 32.2. The zero-order valence-electron chi connectivity index (χ0n) is 11.1. The highest BCUT2D eigenvalue weighted by Crippen LogP contribution is 2.21. The molecule has 102 valence electrons. The lowest BCUT2D eigenvalue weighted by Crippen LogP contribution is -2.32. The maximum atomic E-state index is 11.8. The van der Waals surface area contributed by atoms with E-state index in [4.69, 9.17) is 4.74 Å². The fourth-order valence-corrected chi connectivity index (χ4v) is 2.24.